The Kier molecular flexibility index (Phi) is 6.37. The highest BCUT2D eigenvalue weighted by Crippen LogP contribution is 2.36. The van der Waals surface area contributed by atoms with E-state index in [2.05, 4.69) is 34.9 Å². The van der Waals surface area contributed by atoms with Gasteiger partial charge in [-0.15, -0.1) is 0 Å². The lowest BCUT2D eigenvalue weighted by atomic mass is 9.87. The van der Waals surface area contributed by atoms with Crippen molar-refractivity contribution in [3.63, 3.8) is 0 Å². The van der Waals surface area contributed by atoms with Crippen LogP contribution < -0.4 is 0 Å². The Hall–Kier alpha value is -1.66. The fraction of sp³-hybridized carbons (Fsp3) is 0.455. The third-order valence-electron chi connectivity index (χ3n) is 5.11. The van der Waals surface area contributed by atoms with E-state index in [1.165, 1.54) is 5.56 Å². The van der Waals surface area contributed by atoms with Crippen molar-refractivity contribution in [2.24, 2.45) is 0 Å². The molecule has 1 unspecified atom stereocenters. The lowest BCUT2D eigenvalue weighted by Gasteiger charge is -2.27. The van der Waals surface area contributed by atoms with Crippen LogP contribution in [0.3, 0.4) is 0 Å². The van der Waals surface area contributed by atoms with Crippen LogP contribution in [0.5, 0.6) is 0 Å². The van der Waals surface area contributed by atoms with Crippen molar-refractivity contribution in [1.29, 1.82) is 0 Å². The molecule has 0 aromatic carbocycles. The maximum atomic E-state index is 11.0. The zero-order chi connectivity index (χ0) is 19.4. The largest absolute Gasteiger partial charge is 0.461 e. The predicted molar refractivity (Wildman–Crippen MR) is 110 cm³/mol. The van der Waals surface area contributed by atoms with Gasteiger partial charge >= 0.3 is 0 Å². The SMILES string of the molecule is C=C(C)C(O)(C(=C)C)c1ccc(CN(Cc2ccsc2)CC2CCCO2)o1. The third kappa shape index (κ3) is 4.61. The van der Waals surface area contributed by atoms with Gasteiger partial charge in [0.2, 0.25) is 0 Å². The summed E-state index contributed by atoms with van der Waals surface area (Å²) in [6, 6.07) is 5.91. The third-order valence-corrected chi connectivity index (χ3v) is 5.84. The van der Waals surface area contributed by atoms with Gasteiger partial charge in [0.05, 0.1) is 12.6 Å². The van der Waals surface area contributed by atoms with E-state index in [1.807, 2.05) is 12.1 Å². The molecule has 1 atom stereocenters. The van der Waals surface area contributed by atoms with Crippen molar-refractivity contribution in [2.75, 3.05) is 13.2 Å². The second-order valence-electron chi connectivity index (χ2n) is 7.47. The van der Waals surface area contributed by atoms with E-state index in [0.29, 0.717) is 23.5 Å². The molecule has 3 heterocycles. The Morgan fingerprint density at radius 2 is 2.04 bits per heavy atom. The molecule has 146 valence electrons. The zero-order valence-electron chi connectivity index (χ0n) is 16.2. The first-order valence-electron chi connectivity index (χ1n) is 9.38. The van der Waals surface area contributed by atoms with Gasteiger partial charge in [0.1, 0.15) is 11.5 Å². The Labute approximate surface area is 165 Å². The van der Waals surface area contributed by atoms with E-state index in [1.54, 1.807) is 25.2 Å². The number of aliphatic hydroxyl groups is 1. The smallest absolute Gasteiger partial charge is 0.163 e. The number of hydrogen-bond donors (Lipinski definition) is 1. The first kappa shape index (κ1) is 20.1. The molecule has 27 heavy (non-hydrogen) atoms. The van der Waals surface area contributed by atoms with Gasteiger partial charge in [-0.25, -0.2) is 0 Å². The molecule has 1 aliphatic heterocycles. The highest BCUT2D eigenvalue weighted by atomic mass is 32.1. The van der Waals surface area contributed by atoms with Crippen molar-refractivity contribution >= 4 is 11.3 Å². The minimum atomic E-state index is -1.33. The van der Waals surface area contributed by atoms with Crippen molar-refractivity contribution < 1.29 is 14.3 Å². The fourth-order valence-corrected chi connectivity index (χ4v) is 4.22. The van der Waals surface area contributed by atoms with E-state index in [-0.39, 0.29) is 6.10 Å². The Bertz CT molecular complexity index is 757. The van der Waals surface area contributed by atoms with Gasteiger partial charge in [0.15, 0.2) is 5.60 Å². The number of thiophene rings is 1. The predicted octanol–water partition coefficient (Wildman–Crippen LogP) is 4.86. The summed E-state index contributed by atoms with van der Waals surface area (Å²) in [6.45, 7) is 14.7. The molecule has 1 fully saturated rings. The van der Waals surface area contributed by atoms with Crippen molar-refractivity contribution in [3.05, 3.63) is 70.3 Å². The van der Waals surface area contributed by atoms with Crippen molar-refractivity contribution in [2.45, 2.75) is 51.5 Å². The van der Waals surface area contributed by atoms with Crippen LogP contribution in [-0.2, 0) is 23.4 Å². The topological polar surface area (TPSA) is 45.8 Å². The van der Waals surface area contributed by atoms with Crippen LogP contribution in [0.2, 0.25) is 0 Å². The molecule has 0 radical (unpaired) electrons. The minimum absolute atomic E-state index is 0.279. The van der Waals surface area contributed by atoms with Crippen LogP contribution >= 0.6 is 11.3 Å². The summed E-state index contributed by atoms with van der Waals surface area (Å²) in [5, 5.41) is 15.3. The highest BCUT2D eigenvalue weighted by molar-refractivity contribution is 7.07. The standard InChI is InChI=1S/C22H29NO3S/c1-16(2)22(24,17(3)4)21-8-7-20(26-21)14-23(12-18-9-11-27-15-18)13-19-6-5-10-25-19/h7-9,11,15,19,24H,1,3,5-6,10,12-14H2,2,4H3. The molecule has 1 saturated heterocycles. The Morgan fingerprint density at radius 3 is 2.63 bits per heavy atom. The van der Waals surface area contributed by atoms with E-state index < -0.39 is 5.60 Å². The normalized spacial score (nSPS) is 17.6. The fourth-order valence-electron chi connectivity index (χ4n) is 3.56. The summed E-state index contributed by atoms with van der Waals surface area (Å²) in [4.78, 5) is 2.35. The van der Waals surface area contributed by atoms with Crippen molar-refractivity contribution in [3.8, 4) is 0 Å². The number of rotatable bonds is 9. The number of ether oxygens (including phenoxy) is 1. The number of furan rings is 1. The van der Waals surface area contributed by atoms with Gasteiger partial charge in [0.25, 0.3) is 0 Å². The summed E-state index contributed by atoms with van der Waals surface area (Å²) in [5.74, 6) is 1.30. The monoisotopic (exact) mass is 387 g/mol. The second-order valence-corrected chi connectivity index (χ2v) is 8.25. The molecule has 4 nitrogen and oxygen atoms in total. The number of nitrogens with zero attached hydrogens (tertiary/aromatic N) is 1. The van der Waals surface area contributed by atoms with Crippen LogP contribution in [0.4, 0.5) is 0 Å². The van der Waals surface area contributed by atoms with E-state index in [0.717, 1.165) is 38.3 Å². The number of hydrogen-bond acceptors (Lipinski definition) is 5. The van der Waals surface area contributed by atoms with E-state index in [9.17, 15) is 5.11 Å². The van der Waals surface area contributed by atoms with E-state index in [4.69, 9.17) is 9.15 Å². The van der Waals surface area contributed by atoms with Gasteiger partial charge in [-0.1, -0.05) is 13.2 Å². The molecule has 5 heteroatoms. The van der Waals surface area contributed by atoms with Gasteiger partial charge in [-0.3, -0.25) is 4.90 Å². The maximum Gasteiger partial charge on any atom is 0.163 e. The molecular weight excluding hydrogens is 358 g/mol. The molecule has 0 amide bonds. The second kappa shape index (κ2) is 8.57. The quantitative estimate of drug-likeness (QED) is 0.624. The first-order valence-corrected chi connectivity index (χ1v) is 10.3. The molecule has 1 aliphatic rings. The highest BCUT2D eigenvalue weighted by Gasteiger charge is 2.35. The summed E-state index contributed by atoms with van der Waals surface area (Å²) in [7, 11) is 0. The average molecular weight is 388 g/mol. The molecular formula is C22H29NO3S. The van der Waals surface area contributed by atoms with Gasteiger partial charge in [-0.2, -0.15) is 11.3 Å². The first-order chi connectivity index (χ1) is 12.9. The summed E-state index contributed by atoms with van der Waals surface area (Å²) < 4.78 is 11.9. The average Bonchev–Trinajstić information content (AvgIpc) is 3.36. The lowest BCUT2D eigenvalue weighted by Crippen LogP contribution is -2.31. The van der Waals surface area contributed by atoms with E-state index >= 15 is 0 Å². The van der Waals surface area contributed by atoms with Crippen LogP contribution in [0, 0.1) is 0 Å². The molecule has 2 aromatic heterocycles. The molecule has 2 aromatic rings. The molecule has 1 N–H and O–H groups in total. The molecule has 0 bridgehead atoms. The van der Waals surface area contributed by atoms with Gasteiger partial charge < -0.3 is 14.3 Å². The zero-order valence-corrected chi connectivity index (χ0v) is 17.1. The van der Waals surface area contributed by atoms with Crippen molar-refractivity contribution in [1.82, 2.24) is 4.90 Å². The summed E-state index contributed by atoms with van der Waals surface area (Å²) in [6.07, 6.45) is 2.52. The van der Waals surface area contributed by atoms with Gasteiger partial charge in [-0.05, 0) is 72.4 Å². The summed E-state index contributed by atoms with van der Waals surface area (Å²) in [5.41, 5.74) is 1.17. The van der Waals surface area contributed by atoms with Crippen LogP contribution in [0.25, 0.3) is 0 Å². The Morgan fingerprint density at radius 1 is 1.26 bits per heavy atom. The molecule has 0 spiro atoms. The minimum Gasteiger partial charge on any atom is -0.461 e. The lowest BCUT2D eigenvalue weighted by molar-refractivity contribution is 0.0624. The molecule has 3 rings (SSSR count). The summed E-state index contributed by atoms with van der Waals surface area (Å²) >= 11 is 1.71. The maximum absolute atomic E-state index is 11.0. The molecule has 0 aliphatic carbocycles. The van der Waals surface area contributed by atoms with Crippen LogP contribution in [0.1, 0.15) is 43.8 Å². The Balaban J connectivity index is 1.76. The van der Waals surface area contributed by atoms with Crippen LogP contribution in [-0.4, -0.2) is 29.3 Å². The van der Waals surface area contributed by atoms with Gasteiger partial charge in [0, 0.05) is 19.7 Å². The van der Waals surface area contributed by atoms with Crippen LogP contribution in [0.15, 0.2) is 57.7 Å². The molecule has 0 saturated carbocycles.